The fourth-order valence-electron chi connectivity index (χ4n) is 2.16. The molecule has 20 heavy (non-hydrogen) atoms. The zero-order valence-electron chi connectivity index (χ0n) is 11.9. The number of anilines is 1. The Hall–Kier alpha value is -1.30. The molecule has 0 bridgehead atoms. The summed E-state index contributed by atoms with van der Waals surface area (Å²) < 4.78 is 14.4. The lowest BCUT2D eigenvalue weighted by molar-refractivity contribution is 0.0711. The third-order valence-corrected chi connectivity index (χ3v) is 4.48. The summed E-state index contributed by atoms with van der Waals surface area (Å²) in [5.74, 6) is 1.19. The quantitative estimate of drug-likeness (QED) is 0.928. The van der Waals surface area contributed by atoms with Crippen molar-refractivity contribution in [2.75, 3.05) is 29.9 Å². The predicted molar refractivity (Wildman–Crippen MR) is 80.8 cm³/mol. The number of halogens is 1. The molecule has 1 amide bonds. The number of carbonyl (C=O) groups excluding carboxylic acids is 1. The zero-order valence-corrected chi connectivity index (χ0v) is 12.7. The Bertz CT molecular complexity index is 483. The molecule has 0 saturated carbocycles. The minimum absolute atomic E-state index is 0.109. The lowest BCUT2D eigenvalue weighted by atomic mass is 10.2. The smallest absolute Gasteiger partial charge is 0.257 e. The second kappa shape index (κ2) is 6.92. The number of aromatic nitrogens is 1. The van der Waals surface area contributed by atoms with Gasteiger partial charge in [0.2, 0.25) is 0 Å². The number of hydrogen-bond acceptors (Lipinski definition) is 4. The minimum Gasteiger partial charge on any atom is -0.368 e. The summed E-state index contributed by atoms with van der Waals surface area (Å²) in [6.45, 7) is 5.30. The van der Waals surface area contributed by atoms with E-state index in [1.165, 1.54) is 12.3 Å². The molecule has 1 aliphatic heterocycles. The van der Waals surface area contributed by atoms with E-state index in [0.29, 0.717) is 13.1 Å². The lowest BCUT2D eigenvalue weighted by Crippen LogP contribution is -2.44. The highest BCUT2D eigenvalue weighted by Gasteiger charge is 2.27. The van der Waals surface area contributed by atoms with Gasteiger partial charge in [-0.15, -0.1) is 0 Å². The summed E-state index contributed by atoms with van der Waals surface area (Å²) in [7, 11) is 0. The van der Waals surface area contributed by atoms with Crippen LogP contribution in [0, 0.1) is 5.82 Å². The van der Waals surface area contributed by atoms with Crippen molar-refractivity contribution in [3.63, 3.8) is 0 Å². The van der Waals surface area contributed by atoms with Crippen molar-refractivity contribution in [2.45, 2.75) is 26.3 Å². The van der Waals surface area contributed by atoms with Crippen molar-refractivity contribution in [1.29, 1.82) is 0 Å². The Morgan fingerprint density at radius 1 is 1.65 bits per heavy atom. The molecule has 0 radical (unpaired) electrons. The molecule has 1 aromatic heterocycles. The molecule has 0 aliphatic carbocycles. The summed E-state index contributed by atoms with van der Waals surface area (Å²) in [4.78, 5) is 18.2. The molecule has 1 saturated heterocycles. The molecule has 1 unspecified atom stereocenters. The SMILES string of the molecule is CCCNc1nccc(C(=O)N2CCSCC2C)c1F. The van der Waals surface area contributed by atoms with E-state index in [1.807, 2.05) is 25.6 Å². The van der Waals surface area contributed by atoms with Crippen molar-refractivity contribution in [2.24, 2.45) is 0 Å². The molecule has 1 aliphatic rings. The van der Waals surface area contributed by atoms with Crippen LogP contribution in [0.4, 0.5) is 10.2 Å². The van der Waals surface area contributed by atoms with Crippen LogP contribution < -0.4 is 5.32 Å². The first-order valence-corrected chi connectivity index (χ1v) is 8.07. The van der Waals surface area contributed by atoms with Crippen LogP contribution in [0.1, 0.15) is 30.6 Å². The van der Waals surface area contributed by atoms with E-state index in [0.717, 1.165) is 17.9 Å². The number of nitrogens with zero attached hydrogens (tertiary/aromatic N) is 2. The highest BCUT2D eigenvalue weighted by atomic mass is 32.2. The molecule has 2 rings (SSSR count). The molecule has 0 spiro atoms. The molecule has 1 fully saturated rings. The van der Waals surface area contributed by atoms with E-state index in [2.05, 4.69) is 10.3 Å². The Labute approximate surface area is 123 Å². The number of amides is 1. The Kier molecular flexibility index (Phi) is 5.23. The molecule has 4 nitrogen and oxygen atoms in total. The number of carbonyl (C=O) groups is 1. The molecule has 1 N–H and O–H groups in total. The normalized spacial score (nSPS) is 18.9. The average molecular weight is 297 g/mol. The molecular formula is C14H20FN3OS. The minimum atomic E-state index is -0.545. The monoisotopic (exact) mass is 297 g/mol. The summed E-state index contributed by atoms with van der Waals surface area (Å²) in [6.07, 6.45) is 2.36. The maximum atomic E-state index is 14.4. The fourth-order valence-corrected chi connectivity index (χ4v) is 3.17. The number of thioether (sulfide) groups is 1. The average Bonchev–Trinajstić information content (AvgIpc) is 2.46. The predicted octanol–water partition coefficient (Wildman–Crippen LogP) is 2.62. The van der Waals surface area contributed by atoms with Gasteiger partial charge in [-0.2, -0.15) is 11.8 Å². The van der Waals surface area contributed by atoms with Crippen LogP contribution in [0.25, 0.3) is 0 Å². The first-order valence-electron chi connectivity index (χ1n) is 6.92. The van der Waals surface area contributed by atoms with E-state index < -0.39 is 5.82 Å². The second-order valence-electron chi connectivity index (χ2n) is 4.87. The Balaban J connectivity index is 2.21. The van der Waals surface area contributed by atoms with Gasteiger partial charge in [0.05, 0.1) is 5.56 Å². The van der Waals surface area contributed by atoms with Crippen LogP contribution in [0.15, 0.2) is 12.3 Å². The number of hydrogen-bond donors (Lipinski definition) is 1. The van der Waals surface area contributed by atoms with E-state index in [1.54, 1.807) is 4.90 Å². The summed E-state index contributed by atoms with van der Waals surface area (Å²) in [6, 6.07) is 1.60. The molecule has 6 heteroatoms. The first-order chi connectivity index (χ1) is 9.65. The highest BCUT2D eigenvalue weighted by Crippen LogP contribution is 2.22. The fraction of sp³-hybridized carbons (Fsp3) is 0.571. The molecular weight excluding hydrogens is 277 g/mol. The van der Waals surface area contributed by atoms with E-state index in [4.69, 9.17) is 0 Å². The van der Waals surface area contributed by atoms with Gasteiger partial charge >= 0.3 is 0 Å². The van der Waals surface area contributed by atoms with Crippen molar-refractivity contribution in [3.8, 4) is 0 Å². The number of rotatable bonds is 4. The van der Waals surface area contributed by atoms with Gasteiger partial charge in [-0.25, -0.2) is 9.37 Å². The van der Waals surface area contributed by atoms with Crippen molar-refractivity contribution < 1.29 is 9.18 Å². The van der Waals surface area contributed by atoms with Crippen molar-refractivity contribution in [1.82, 2.24) is 9.88 Å². The van der Waals surface area contributed by atoms with Gasteiger partial charge in [0, 0.05) is 36.8 Å². The van der Waals surface area contributed by atoms with Gasteiger partial charge in [-0.1, -0.05) is 6.92 Å². The van der Waals surface area contributed by atoms with Crippen molar-refractivity contribution >= 4 is 23.5 Å². The molecule has 2 heterocycles. The van der Waals surface area contributed by atoms with Crippen LogP contribution in [0.5, 0.6) is 0 Å². The van der Waals surface area contributed by atoms with Gasteiger partial charge in [0.25, 0.3) is 5.91 Å². The maximum absolute atomic E-state index is 14.4. The van der Waals surface area contributed by atoms with Crippen molar-refractivity contribution in [3.05, 3.63) is 23.6 Å². The third-order valence-electron chi connectivity index (χ3n) is 3.29. The molecule has 1 atom stereocenters. The van der Waals surface area contributed by atoms with E-state index >= 15 is 0 Å². The number of pyridine rings is 1. The third kappa shape index (κ3) is 3.23. The molecule has 0 aromatic carbocycles. The van der Waals surface area contributed by atoms with E-state index in [9.17, 15) is 9.18 Å². The van der Waals surface area contributed by atoms with Gasteiger partial charge in [-0.05, 0) is 19.4 Å². The first kappa shape index (κ1) is 15.1. The van der Waals surface area contributed by atoms with Crippen LogP contribution in [-0.2, 0) is 0 Å². The topological polar surface area (TPSA) is 45.2 Å². The maximum Gasteiger partial charge on any atom is 0.257 e. The van der Waals surface area contributed by atoms with Crippen LogP contribution >= 0.6 is 11.8 Å². The lowest BCUT2D eigenvalue weighted by Gasteiger charge is -2.33. The molecule has 110 valence electrons. The summed E-state index contributed by atoms with van der Waals surface area (Å²) in [5, 5.41) is 2.91. The Morgan fingerprint density at radius 3 is 3.15 bits per heavy atom. The van der Waals surface area contributed by atoms with Crippen LogP contribution in [0.3, 0.4) is 0 Å². The summed E-state index contributed by atoms with van der Waals surface area (Å²) in [5.41, 5.74) is 0.109. The Morgan fingerprint density at radius 2 is 2.45 bits per heavy atom. The van der Waals surface area contributed by atoms with Gasteiger partial charge < -0.3 is 10.2 Å². The van der Waals surface area contributed by atoms with E-state index in [-0.39, 0.29) is 23.3 Å². The largest absolute Gasteiger partial charge is 0.368 e. The zero-order chi connectivity index (χ0) is 14.5. The standard InChI is InChI=1S/C14H20FN3OS/c1-3-5-16-13-12(15)11(4-6-17-13)14(19)18-7-8-20-9-10(18)2/h4,6,10H,3,5,7-9H2,1-2H3,(H,16,17). The highest BCUT2D eigenvalue weighted by molar-refractivity contribution is 7.99. The second-order valence-corrected chi connectivity index (χ2v) is 6.02. The van der Waals surface area contributed by atoms with Crippen LogP contribution in [0.2, 0.25) is 0 Å². The van der Waals surface area contributed by atoms with Gasteiger partial charge in [0.15, 0.2) is 11.6 Å². The van der Waals surface area contributed by atoms with Gasteiger partial charge in [0.1, 0.15) is 0 Å². The molecule has 1 aromatic rings. The van der Waals surface area contributed by atoms with Crippen LogP contribution in [-0.4, -0.2) is 46.4 Å². The number of nitrogens with one attached hydrogen (secondary N) is 1. The summed E-state index contributed by atoms with van der Waals surface area (Å²) >= 11 is 1.83. The van der Waals surface area contributed by atoms with Gasteiger partial charge in [-0.3, -0.25) is 4.79 Å².